The van der Waals surface area contributed by atoms with E-state index in [1.54, 1.807) is 6.20 Å². The minimum absolute atomic E-state index is 0.0431. The normalized spacial score (nSPS) is 19.5. The summed E-state index contributed by atoms with van der Waals surface area (Å²) >= 11 is -0.303. The molecule has 0 unspecified atom stereocenters. The molecule has 2 N–H and O–H groups in total. The molecule has 2 heterocycles. The molecule has 1 amide bonds. The lowest BCUT2D eigenvalue weighted by Crippen LogP contribution is -2.05. The molecule has 2 aliphatic heterocycles. The predicted octanol–water partition coefficient (Wildman–Crippen LogP) is 2.84. The number of benzene rings is 1. The number of nitrogens with zero attached hydrogens (tertiary/aromatic N) is 1. The topological polar surface area (TPSA) is 53.5 Å². The van der Waals surface area contributed by atoms with E-state index in [0.717, 1.165) is 22.5 Å². The average Bonchev–Trinajstić information content (AvgIpc) is 2.90. The number of allylic oxidation sites excluding steroid dienone is 1. The van der Waals surface area contributed by atoms with Gasteiger partial charge in [-0.05, 0) is 25.1 Å². The summed E-state index contributed by atoms with van der Waals surface area (Å²) in [5.41, 5.74) is 4.65. The van der Waals surface area contributed by atoms with Crippen molar-refractivity contribution in [1.29, 1.82) is 0 Å². The Morgan fingerprint density at radius 2 is 2.29 bits per heavy atom. The maximum atomic E-state index is 11.9. The van der Waals surface area contributed by atoms with Gasteiger partial charge in [0.2, 0.25) is 0 Å². The first-order chi connectivity index (χ1) is 8.24. The molecule has 17 heavy (non-hydrogen) atoms. The zero-order valence-electron chi connectivity index (χ0n) is 9.12. The number of halogens is 1. The highest BCUT2D eigenvalue weighted by Crippen LogP contribution is 2.33. The second-order valence-corrected chi connectivity index (χ2v) is 5.50. The number of anilines is 1. The van der Waals surface area contributed by atoms with Crippen LogP contribution in [0.3, 0.4) is 0 Å². The fourth-order valence-corrected chi connectivity index (χ4v) is 2.99. The molecule has 0 saturated heterocycles. The van der Waals surface area contributed by atoms with Crippen LogP contribution in [0, 0.1) is 6.92 Å². The second kappa shape index (κ2) is 4.06. The van der Waals surface area contributed by atoms with Crippen molar-refractivity contribution in [3.05, 3.63) is 47.3 Å². The summed E-state index contributed by atoms with van der Waals surface area (Å²) in [7, 11) is 0. The SMILES string of the molecule is Cc1ccc2c(c1)/C(=C/C1=CN=IN1)C(=O)N2. The summed E-state index contributed by atoms with van der Waals surface area (Å²) in [6.45, 7) is 2.02. The van der Waals surface area contributed by atoms with Crippen LogP contribution < -0.4 is 8.85 Å². The number of carbonyl (C=O) groups excluding carboxylic acids is 1. The molecule has 0 aliphatic carbocycles. The lowest BCUT2D eigenvalue weighted by molar-refractivity contribution is -0.110. The fraction of sp³-hybridized carbons (Fsp3) is 0.0833. The lowest BCUT2D eigenvalue weighted by atomic mass is 10.0. The minimum atomic E-state index is -0.303. The Kier molecular flexibility index (Phi) is 2.54. The highest BCUT2D eigenvalue weighted by Gasteiger charge is 2.24. The van der Waals surface area contributed by atoms with E-state index in [4.69, 9.17) is 0 Å². The smallest absolute Gasteiger partial charge is 0.256 e. The Labute approximate surface area is 109 Å². The van der Waals surface area contributed by atoms with Gasteiger partial charge in [-0.25, -0.2) is 3.15 Å². The number of fused-ring (bicyclic) bond motifs is 1. The van der Waals surface area contributed by atoms with Gasteiger partial charge in [0, 0.05) is 11.3 Å². The number of aryl methyl sites for hydroxylation is 1. The highest BCUT2D eigenvalue weighted by atomic mass is 127. The van der Waals surface area contributed by atoms with E-state index < -0.39 is 0 Å². The Hall–Kier alpha value is -1.50. The number of rotatable bonds is 1. The maximum Gasteiger partial charge on any atom is 0.256 e. The first-order valence-electron chi connectivity index (χ1n) is 5.17. The van der Waals surface area contributed by atoms with Crippen molar-refractivity contribution in [2.75, 3.05) is 5.32 Å². The Bertz CT molecular complexity index is 602. The van der Waals surface area contributed by atoms with E-state index >= 15 is 0 Å². The molecule has 5 heteroatoms. The molecule has 2 aliphatic rings. The van der Waals surface area contributed by atoms with E-state index in [0.29, 0.717) is 5.57 Å². The highest BCUT2D eigenvalue weighted by molar-refractivity contribution is 14.1. The van der Waals surface area contributed by atoms with Crippen molar-refractivity contribution in [2.24, 2.45) is 3.15 Å². The van der Waals surface area contributed by atoms with Crippen molar-refractivity contribution < 1.29 is 4.79 Å². The molecule has 0 spiro atoms. The summed E-state index contributed by atoms with van der Waals surface area (Å²) < 4.78 is 7.36. The zero-order chi connectivity index (χ0) is 11.8. The van der Waals surface area contributed by atoms with Crippen molar-refractivity contribution in [3.63, 3.8) is 0 Å². The van der Waals surface area contributed by atoms with E-state index in [1.165, 1.54) is 0 Å². The third-order valence-corrected chi connectivity index (χ3v) is 4.07. The van der Waals surface area contributed by atoms with Crippen LogP contribution >= 0.6 is 21.3 Å². The molecule has 0 atom stereocenters. The van der Waals surface area contributed by atoms with E-state index in [2.05, 4.69) is 12.0 Å². The van der Waals surface area contributed by atoms with Gasteiger partial charge in [0.25, 0.3) is 5.91 Å². The number of hydrogen-bond donors (Lipinski definition) is 2. The molecule has 0 aromatic heterocycles. The largest absolute Gasteiger partial charge is 0.321 e. The first kappa shape index (κ1) is 10.6. The summed E-state index contributed by atoms with van der Waals surface area (Å²) in [6.07, 6.45) is 3.66. The van der Waals surface area contributed by atoms with Crippen LogP contribution in [0.25, 0.3) is 5.57 Å². The summed E-state index contributed by atoms with van der Waals surface area (Å²) in [5, 5.41) is 2.86. The summed E-state index contributed by atoms with van der Waals surface area (Å²) in [5.74, 6) is -0.0431. The molecule has 1 aromatic rings. The van der Waals surface area contributed by atoms with E-state index in [1.807, 2.05) is 31.2 Å². The molecule has 4 nitrogen and oxygen atoms in total. The zero-order valence-corrected chi connectivity index (χ0v) is 11.3. The standard InChI is InChI=1S/C12H10IN3O/c1-7-2-3-11-9(4-7)10(12(17)15-11)5-8-6-14-13-16-8/h2-6H,1H3,(H,14,16)(H,15,17)/b10-5-. The van der Waals surface area contributed by atoms with Gasteiger partial charge >= 0.3 is 0 Å². The number of carbonyl (C=O) groups is 1. The average molecular weight is 339 g/mol. The minimum Gasteiger partial charge on any atom is -0.321 e. The van der Waals surface area contributed by atoms with Crippen molar-refractivity contribution in [1.82, 2.24) is 3.53 Å². The molecule has 1 aromatic carbocycles. The van der Waals surface area contributed by atoms with Crippen LogP contribution in [-0.4, -0.2) is 5.91 Å². The molecular weight excluding hydrogens is 329 g/mol. The van der Waals surface area contributed by atoms with Gasteiger partial charge in [0.15, 0.2) is 0 Å². The van der Waals surface area contributed by atoms with Gasteiger partial charge in [-0.1, -0.05) is 11.6 Å². The maximum absolute atomic E-state index is 11.9. The fourth-order valence-electron chi connectivity index (χ4n) is 1.84. The van der Waals surface area contributed by atoms with Gasteiger partial charge in [0.05, 0.1) is 17.5 Å². The molecule has 0 bridgehead atoms. The van der Waals surface area contributed by atoms with Gasteiger partial charge in [-0.3, -0.25) is 4.79 Å². The van der Waals surface area contributed by atoms with Gasteiger partial charge in [-0.15, -0.1) is 0 Å². The molecular formula is C12H10IN3O. The summed E-state index contributed by atoms with van der Waals surface area (Å²) in [6, 6.07) is 5.97. The van der Waals surface area contributed by atoms with Crippen LogP contribution in [0.5, 0.6) is 0 Å². The molecule has 0 radical (unpaired) electrons. The molecule has 3 rings (SSSR count). The third kappa shape index (κ3) is 1.90. The number of nitrogens with one attached hydrogen (secondary N) is 2. The molecule has 86 valence electrons. The first-order valence-corrected chi connectivity index (χ1v) is 7.22. The van der Waals surface area contributed by atoms with Crippen LogP contribution in [-0.2, 0) is 4.79 Å². The van der Waals surface area contributed by atoms with Crippen LogP contribution in [0.15, 0.2) is 39.3 Å². The quantitative estimate of drug-likeness (QED) is 0.470. The Morgan fingerprint density at radius 1 is 1.41 bits per heavy atom. The van der Waals surface area contributed by atoms with Crippen LogP contribution in [0.1, 0.15) is 11.1 Å². The molecule has 0 saturated carbocycles. The van der Waals surface area contributed by atoms with Gasteiger partial charge < -0.3 is 8.85 Å². The number of amides is 1. The van der Waals surface area contributed by atoms with Crippen LogP contribution in [0.2, 0.25) is 0 Å². The van der Waals surface area contributed by atoms with Gasteiger partial charge in [-0.2, -0.15) is 0 Å². The Morgan fingerprint density at radius 3 is 3.06 bits per heavy atom. The lowest BCUT2D eigenvalue weighted by Gasteiger charge is -2.00. The Balaban J connectivity index is 2.07. The summed E-state index contributed by atoms with van der Waals surface area (Å²) in [4.78, 5) is 11.9. The predicted molar refractivity (Wildman–Crippen MR) is 75.5 cm³/mol. The third-order valence-electron chi connectivity index (χ3n) is 2.65. The number of hydrogen-bond acceptors (Lipinski definition) is 3. The van der Waals surface area contributed by atoms with Crippen molar-refractivity contribution in [2.45, 2.75) is 6.92 Å². The monoisotopic (exact) mass is 339 g/mol. The van der Waals surface area contributed by atoms with E-state index in [-0.39, 0.29) is 27.2 Å². The second-order valence-electron chi connectivity index (χ2n) is 3.92. The van der Waals surface area contributed by atoms with Crippen molar-refractivity contribution >= 4 is 38.5 Å². The van der Waals surface area contributed by atoms with Gasteiger partial charge in [0.1, 0.15) is 21.3 Å². The molecule has 0 fully saturated rings. The van der Waals surface area contributed by atoms with Crippen LogP contribution in [0.4, 0.5) is 5.69 Å². The van der Waals surface area contributed by atoms with Crippen molar-refractivity contribution in [3.8, 4) is 0 Å². The van der Waals surface area contributed by atoms with E-state index in [9.17, 15) is 4.79 Å².